The highest BCUT2D eigenvalue weighted by Gasteiger charge is 2.14. The van der Waals surface area contributed by atoms with Crippen LogP contribution in [0.2, 0.25) is 5.02 Å². The monoisotopic (exact) mass is 274 g/mol. The molecule has 2 rings (SSSR count). The number of aromatic carboxylic acids is 1. The van der Waals surface area contributed by atoms with Gasteiger partial charge in [0.2, 0.25) is 5.76 Å². The lowest BCUT2D eigenvalue weighted by molar-refractivity contribution is 0.0665. The second kappa shape index (κ2) is 3.29. The Morgan fingerprint density at radius 2 is 2.21 bits per heavy atom. The van der Waals surface area contributed by atoms with Crippen LogP contribution in [0.5, 0.6) is 0 Å². The van der Waals surface area contributed by atoms with Crippen LogP contribution in [-0.4, -0.2) is 11.1 Å². The maximum atomic E-state index is 10.6. The molecule has 0 spiro atoms. The third-order valence-electron chi connectivity index (χ3n) is 1.79. The average molecular weight is 275 g/mol. The fourth-order valence-electron chi connectivity index (χ4n) is 1.16. The number of benzene rings is 1. The molecular formula is C9H4BrClO3. The molecule has 0 fully saturated rings. The summed E-state index contributed by atoms with van der Waals surface area (Å²) in [5.74, 6) is -1.22. The lowest BCUT2D eigenvalue weighted by Gasteiger charge is -1.93. The number of carbonyl (C=O) groups is 1. The van der Waals surface area contributed by atoms with Gasteiger partial charge in [0, 0.05) is 15.9 Å². The predicted octanol–water partition coefficient (Wildman–Crippen LogP) is 3.55. The second-order valence-electron chi connectivity index (χ2n) is 2.69. The largest absolute Gasteiger partial charge is 0.475 e. The van der Waals surface area contributed by atoms with Crippen LogP contribution in [0, 0.1) is 0 Å². The molecule has 0 bridgehead atoms. The summed E-state index contributed by atoms with van der Waals surface area (Å²) in [6, 6.07) is 4.82. The molecule has 3 nitrogen and oxygen atoms in total. The first kappa shape index (κ1) is 9.55. The second-order valence-corrected chi connectivity index (χ2v) is 3.95. The molecule has 72 valence electrons. The SMILES string of the molecule is O=C(O)c1cc2c(Br)ccc(Cl)c2o1. The number of furan rings is 1. The van der Waals surface area contributed by atoms with E-state index in [0.717, 1.165) is 4.47 Å². The Kier molecular flexibility index (Phi) is 2.25. The summed E-state index contributed by atoms with van der Waals surface area (Å²) in [7, 11) is 0. The molecule has 0 radical (unpaired) electrons. The molecule has 0 aliphatic heterocycles. The van der Waals surface area contributed by atoms with E-state index in [9.17, 15) is 4.79 Å². The van der Waals surface area contributed by atoms with E-state index in [0.29, 0.717) is 16.0 Å². The molecule has 1 aromatic carbocycles. The molecule has 0 saturated heterocycles. The lowest BCUT2D eigenvalue weighted by atomic mass is 10.2. The first-order valence-electron chi connectivity index (χ1n) is 3.70. The Labute approximate surface area is 92.4 Å². The van der Waals surface area contributed by atoms with Crippen LogP contribution in [0.15, 0.2) is 27.1 Å². The van der Waals surface area contributed by atoms with Gasteiger partial charge in [0.05, 0.1) is 5.02 Å². The van der Waals surface area contributed by atoms with Gasteiger partial charge in [-0.1, -0.05) is 27.5 Å². The fourth-order valence-corrected chi connectivity index (χ4v) is 1.79. The molecule has 1 heterocycles. The number of carboxylic acid groups (broad SMARTS) is 1. The Hall–Kier alpha value is -1.00. The molecule has 0 saturated carbocycles. The van der Waals surface area contributed by atoms with E-state index in [-0.39, 0.29) is 5.76 Å². The van der Waals surface area contributed by atoms with Crippen LogP contribution >= 0.6 is 27.5 Å². The quantitative estimate of drug-likeness (QED) is 0.866. The van der Waals surface area contributed by atoms with Crippen molar-refractivity contribution in [1.82, 2.24) is 0 Å². The molecule has 1 N–H and O–H groups in total. The van der Waals surface area contributed by atoms with Crippen molar-refractivity contribution in [2.45, 2.75) is 0 Å². The fraction of sp³-hybridized carbons (Fsp3) is 0. The van der Waals surface area contributed by atoms with E-state index >= 15 is 0 Å². The van der Waals surface area contributed by atoms with Crippen molar-refractivity contribution in [1.29, 1.82) is 0 Å². The van der Waals surface area contributed by atoms with Crippen LogP contribution in [-0.2, 0) is 0 Å². The lowest BCUT2D eigenvalue weighted by Crippen LogP contribution is -1.91. The first-order chi connectivity index (χ1) is 6.59. The minimum Gasteiger partial charge on any atom is -0.475 e. The highest BCUT2D eigenvalue weighted by atomic mass is 79.9. The molecule has 0 aliphatic carbocycles. The zero-order valence-corrected chi connectivity index (χ0v) is 9.09. The van der Waals surface area contributed by atoms with Crippen LogP contribution < -0.4 is 0 Å². The van der Waals surface area contributed by atoms with Crippen molar-refractivity contribution < 1.29 is 14.3 Å². The predicted molar refractivity (Wildman–Crippen MR) is 55.9 cm³/mol. The molecule has 14 heavy (non-hydrogen) atoms. The van der Waals surface area contributed by atoms with Crippen LogP contribution in [0.1, 0.15) is 10.6 Å². The summed E-state index contributed by atoms with van der Waals surface area (Å²) >= 11 is 9.12. The molecule has 5 heteroatoms. The van der Waals surface area contributed by atoms with Crippen molar-refractivity contribution >= 4 is 44.5 Å². The van der Waals surface area contributed by atoms with E-state index in [1.165, 1.54) is 6.07 Å². The van der Waals surface area contributed by atoms with E-state index in [1.54, 1.807) is 12.1 Å². The number of hydrogen-bond acceptors (Lipinski definition) is 2. The van der Waals surface area contributed by atoms with E-state index in [2.05, 4.69) is 15.9 Å². The van der Waals surface area contributed by atoms with Crippen molar-refractivity contribution in [2.24, 2.45) is 0 Å². The van der Waals surface area contributed by atoms with Gasteiger partial charge in [0.15, 0.2) is 5.58 Å². The number of rotatable bonds is 1. The molecule has 0 amide bonds. The van der Waals surface area contributed by atoms with Gasteiger partial charge >= 0.3 is 5.97 Å². The number of fused-ring (bicyclic) bond motifs is 1. The van der Waals surface area contributed by atoms with Crippen molar-refractivity contribution in [2.75, 3.05) is 0 Å². The molecule has 0 atom stereocenters. The Balaban J connectivity index is 2.82. The smallest absolute Gasteiger partial charge is 0.371 e. The molecule has 0 unspecified atom stereocenters. The standard InChI is InChI=1S/C9H4BrClO3/c10-5-1-2-6(11)8-4(5)3-7(14-8)9(12)13/h1-3H,(H,12,13). The maximum Gasteiger partial charge on any atom is 0.371 e. The first-order valence-corrected chi connectivity index (χ1v) is 4.87. The van der Waals surface area contributed by atoms with Crippen LogP contribution in [0.3, 0.4) is 0 Å². The van der Waals surface area contributed by atoms with Gasteiger partial charge < -0.3 is 9.52 Å². The van der Waals surface area contributed by atoms with Gasteiger partial charge in [-0.15, -0.1) is 0 Å². The highest BCUT2D eigenvalue weighted by Crippen LogP contribution is 2.32. The topological polar surface area (TPSA) is 50.4 Å². The van der Waals surface area contributed by atoms with Gasteiger partial charge in [-0.3, -0.25) is 0 Å². The molecule has 2 aromatic rings. The third kappa shape index (κ3) is 1.40. The van der Waals surface area contributed by atoms with E-state index in [1.807, 2.05) is 0 Å². The third-order valence-corrected chi connectivity index (χ3v) is 2.78. The summed E-state index contributed by atoms with van der Waals surface area (Å²) in [6.07, 6.45) is 0. The van der Waals surface area contributed by atoms with Crippen LogP contribution in [0.4, 0.5) is 0 Å². The van der Waals surface area contributed by atoms with Gasteiger partial charge in [0.25, 0.3) is 0 Å². The molecular weight excluding hydrogens is 271 g/mol. The normalized spacial score (nSPS) is 10.7. The van der Waals surface area contributed by atoms with Gasteiger partial charge in [-0.25, -0.2) is 4.79 Å². The van der Waals surface area contributed by atoms with Gasteiger partial charge in [-0.2, -0.15) is 0 Å². The van der Waals surface area contributed by atoms with Crippen molar-refractivity contribution in [3.8, 4) is 0 Å². The highest BCUT2D eigenvalue weighted by molar-refractivity contribution is 9.10. The maximum absolute atomic E-state index is 10.6. The number of halogens is 2. The molecule has 0 aliphatic rings. The summed E-state index contributed by atoms with van der Waals surface area (Å²) in [5, 5.41) is 9.78. The summed E-state index contributed by atoms with van der Waals surface area (Å²) in [4.78, 5) is 10.6. The van der Waals surface area contributed by atoms with E-state index < -0.39 is 5.97 Å². The van der Waals surface area contributed by atoms with Crippen molar-refractivity contribution in [3.63, 3.8) is 0 Å². The van der Waals surface area contributed by atoms with E-state index in [4.69, 9.17) is 21.1 Å². The number of carboxylic acids is 1. The Morgan fingerprint density at radius 1 is 1.50 bits per heavy atom. The average Bonchev–Trinajstić information content (AvgIpc) is 2.57. The number of hydrogen-bond donors (Lipinski definition) is 1. The summed E-state index contributed by atoms with van der Waals surface area (Å²) in [6.45, 7) is 0. The Morgan fingerprint density at radius 3 is 2.79 bits per heavy atom. The zero-order chi connectivity index (χ0) is 10.3. The van der Waals surface area contributed by atoms with Crippen molar-refractivity contribution in [3.05, 3.63) is 33.5 Å². The Bertz CT molecular complexity index is 479. The van der Waals surface area contributed by atoms with Crippen LogP contribution in [0.25, 0.3) is 11.0 Å². The summed E-state index contributed by atoms with van der Waals surface area (Å²) < 4.78 is 5.84. The molecule has 1 aromatic heterocycles. The van der Waals surface area contributed by atoms with Gasteiger partial charge in [-0.05, 0) is 12.1 Å². The minimum atomic E-state index is -1.11. The zero-order valence-electron chi connectivity index (χ0n) is 6.75. The summed E-state index contributed by atoms with van der Waals surface area (Å²) in [5.41, 5.74) is 0.387. The van der Waals surface area contributed by atoms with Gasteiger partial charge in [0.1, 0.15) is 0 Å². The minimum absolute atomic E-state index is 0.117.